The first-order valence-corrected chi connectivity index (χ1v) is 7.52. The van der Waals surface area contributed by atoms with Gasteiger partial charge in [0.05, 0.1) is 5.60 Å². The molecule has 0 atom stereocenters. The first-order valence-electron chi connectivity index (χ1n) is 7.52. The minimum Gasteiger partial charge on any atom is -0.389 e. The van der Waals surface area contributed by atoms with Crippen LogP contribution in [0.25, 0.3) is 0 Å². The lowest BCUT2D eigenvalue weighted by Gasteiger charge is -2.36. The average Bonchev–Trinajstić information content (AvgIpc) is 2.91. The van der Waals surface area contributed by atoms with Crippen molar-refractivity contribution in [2.24, 2.45) is 0 Å². The van der Waals surface area contributed by atoms with Gasteiger partial charge in [-0.2, -0.15) is 0 Å². The molecule has 3 rings (SSSR count). The highest BCUT2D eigenvalue weighted by Gasteiger charge is 2.33. The van der Waals surface area contributed by atoms with Gasteiger partial charge in [-0.1, -0.05) is 12.1 Å². The van der Waals surface area contributed by atoms with Crippen molar-refractivity contribution in [3.05, 3.63) is 29.8 Å². The molecule has 2 aliphatic rings. The van der Waals surface area contributed by atoms with Crippen molar-refractivity contribution in [1.29, 1.82) is 0 Å². The van der Waals surface area contributed by atoms with Gasteiger partial charge in [0.2, 0.25) is 0 Å². The number of rotatable bonds is 5. The van der Waals surface area contributed by atoms with E-state index in [2.05, 4.69) is 34.5 Å². The maximum Gasteiger partial charge on any atom is 0.0771 e. The molecule has 3 nitrogen and oxygen atoms in total. The van der Waals surface area contributed by atoms with Gasteiger partial charge in [0.1, 0.15) is 0 Å². The molecule has 0 amide bonds. The summed E-state index contributed by atoms with van der Waals surface area (Å²) < 4.78 is 0. The molecule has 2 fully saturated rings. The number of anilines is 1. The molecule has 1 aliphatic carbocycles. The van der Waals surface area contributed by atoms with E-state index < -0.39 is 5.60 Å². The summed E-state index contributed by atoms with van der Waals surface area (Å²) in [7, 11) is 0. The highest BCUT2D eigenvalue weighted by atomic mass is 16.3. The van der Waals surface area contributed by atoms with Crippen LogP contribution in [0.2, 0.25) is 0 Å². The van der Waals surface area contributed by atoms with Gasteiger partial charge in [0, 0.05) is 31.9 Å². The van der Waals surface area contributed by atoms with Gasteiger partial charge in [-0.3, -0.25) is 0 Å². The lowest BCUT2D eigenvalue weighted by molar-refractivity contribution is -0.0314. The third-order valence-corrected chi connectivity index (χ3v) is 4.47. The van der Waals surface area contributed by atoms with Crippen LogP contribution in [0.1, 0.15) is 37.7 Å². The molecule has 0 unspecified atom stereocenters. The quantitative estimate of drug-likeness (QED) is 0.852. The van der Waals surface area contributed by atoms with E-state index in [4.69, 9.17) is 0 Å². The fraction of sp³-hybridized carbons (Fsp3) is 0.625. The summed E-state index contributed by atoms with van der Waals surface area (Å²) >= 11 is 0. The molecule has 1 heterocycles. The molecule has 0 bridgehead atoms. The van der Waals surface area contributed by atoms with Gasteiger partial charge in [0.25, 0.3) is 0 Å². The molecule has 19 heavy (non-hydrogen) atoms. The van der Waals surface area contributed by atoms with E-state index in [1.54, 1.807) is 0 Å². The van der Waals surface area contributed by atoms with Crippen LogP contribution in [-0.4, -0.2) is 30.3 Å². The topological polar surface area (TPSA) is 35.5 Å². The Morgan fingerprint density at radius 1 is 1.05 bits per heavy atom. The first-order chi connectivity index (χ1) is 9.25. The van der Waals surface area contributed by atoms with E-state index in [0.717, 1.165) is 25.9 Å². The van der Waals surface area contributed by atoms with Crippen LogP contribution in [0.3, 0.4) is 0 Å². The Hall–Kier alpha value is -1.06. The summed E-state index contributed by atoms with van der Waals surface area (Å²) in [4.78, 5) is 2.45. The van der Waals surface area contributed by atoms with Crippen LogP contribution in [0.5, 0.6) is 0 Å². The highest BCUT2D eigenvalue weighted by Crippen LogP contribution is 2.30. The summed E-state index contributed by atoms with van der Waals surface area (Å²) in [6.45, 7) is 3.97. The molecule has 1 saturated carbocycles. The van der Waals surface area contributed by atoms with Crippen molar-refractivity contribution < 1.29 is 5.11 Å². The third-order valence-electron chi connectivity index (χ3n) is 4.47. The molecule has 0 aromatic heterocycles. The summed E-state index contributed by atoms with van der Waals surface area (Å²) in [6, 6.07) is 8.84. The van der Waals surface area contributed by atoms with Gasteiger partial charge in [-0.25, -0.2) is 0 Å². The predicted molar refractivity (Wildman–Crippen MR) is 78.4 cm³/mol. The van der Waals surface area contributed by atoms with Crippen LogP contribution < -0.4 is 10.2 Å². The summed E-state index contributed by atoms with van der Waals surface area (Å²) in [5.74, 6) is 0. The average molecular weight is 260 g/mol. The Labute approximate surface area is 115 Å². The van der Waals surface area contributed by atoms with E-state index in [0.29, 0.717) is 0 Å². The number of aliphatic hydroxyl groups is 1. The predicted octanol–water partition coefficient (Wildman–Crippen LogP) is 2.29. The van der Waals surface area contributed by atoms with Crippen LogP contribution in [0.4, 0.5) is 5.69 Å². The smallest absolute Gasteiger partial charge is 0.0771 e. The maximum atomic E-state index is 10.0. The summed E-state index contributed by atoms with van der Waals surface area (Å²) in [5.41, 5.74) is 2.22. The lowest BCUT2D eigenvalue weighted by atomic mass is 9.80. The molecule has 1 saturated heterocycles. The molecular weight excluding hydrogens is 236 g/mol. The zero-order chi connectivity index (χ0) is 13.1. The second-order valence-electron chi connectivity index (χ2n) is 6.04. The maximum absolute atomic E-state index is 10.0. The molecular formula is C16H24N2O. The highest BCUT2D eigenvalue weighted by molar-refractivity contribution is 5.48. The second-order valence-corrected chi connectivity index (χ2v) is 6.04. The largest absolute Gasteiger partial charge is 0.389 e. The number of nitrogens with zero attached hydrogens (tertiary/aromatic N) is 1. The molecule has 0 spiro atoms. The first kappa shape index (κ1) is 12.9. The standard InChI is InChI=1S/C16H24N2O/c19-16(8-3-9-16)13-17-12-14-4-6-15(7-5-14)18-10-1-2-11-18/h4-7,17,19H,1-3,8-13H2. The van der Waals surface area contributed by atoms with Gasteiger partial charge in [-0.05, 0) is 49.8 Å². The van der Waals surface area contributed by atoms with Crippen LogP contribution in [0.15, 0.2) is 24.3 Å². The Morgan fingerprint density at radius 2 is 1.74 bits per heavy atom. The van der Waals surface area contributed by atoms with Crippen LogP contribution in [0, 0.1) is 0 Å². The van der Waals surface area contributed by atoms with E-state index in [9.17, 15) is 5.11 Å². The fourth-order valence-electron chi connectivity index (χ4n) is 3.00. The minimum atomic E-state index is -0.421. The Balaban J connectivity index is 1.48. The fourth-order valence-corrected chi connectivity index (χ4v) is 3.00. The van der Waals surface area contributed by atoms with Gasteiger partial charge < -0.3 is 15.3 Å². The van der Waals surface area contributed by atoms with E-state index >= 15 is 0 Å². The number of hydrogen-bond acceptors (Lipinski definition) is 3. The summed E-state index contributed by atoms with van der Waals surface area (Å²) in [5, 5.41) is 13.4. The number of nitrogens with one attached hydrogen (secondary N) is 1. The van der Waals surface area contributed by atoms with Crippen LogP contribution >= 0.6 is 0 Å². The van der Waals surface area contributed by atoms with Crippen LogP contribution in [-0.2, 0) is 6.54 Å². The summed E-state index contributed by atoms with van der Waals surface area (Å²) in [6.07, 6.45) is 5.72. The number of hydrogen-bond donors (Lipinski definition) is 2. The Kier molecular flexibility index (Phi) is 3.76. The van der Waals surface area contributed by atoms with E-state index in [1.165, 1.54) is 43.6 Å². The zero-order valence-electron chi connectivity index (χ0n) is 11.6. The van der Waals surface area contributed by atoms with E-state index in [1.807, 2.05) is 0 Å². The molecule has 0 radical (unpaired) electrons. The molecule has 1 aromatic carbocycles. The lowest BCUT2D eigenvalue weighted by Crippen LogP contribution is -2.45. The van der Waals surface area contributed by atoms with Crippen molar-refractivity contribution in [3.63, 3.8) is 0 Å². The second kappa shape index (κ2) is 5.51. The van der Waals surface area contributed by atoms with Crippen molar-refractivity contribution in [1.82, 2.24) is 5.32 Å². The molecule has 3 heteroatoms. The third kappa shape index (κ3) is 3.10. The van der Waals surface area contributed by atoms with E-state index in [-0.39, 0.29) is 0 Å². The minimum absolute atomic E-state index is 0.421. The van der Waals surface area contributed by atoms with Crippen molar-refractivity contribution in [3.8, 4) is 0 Å². The monoisotopic (exact) mass is 260 g/mol. The van der Waals surface area contributed by atoms with Gasteiger partial charge in [-0.15, -0.1) is 0 Å². The zero-order valence-corrected chi connectivity index (χ0v) is 11.6. The molecule has 104 valence electrons. The SMILES string of the molecule is OC1(CNCc2ccc(N3CCCC3)cc2)CCC1. The van der Waals surface area contributed by atoms with Crippen molar-refractivity contribution in [2.45, 2.75) is 44.2 Å². The number of benzene rings is 1. The molecule has 2 N–H and O–H groups in total. The van der Waals surface area contributed by atoms with Crippen molar-refractivity contribution >= 4 is 5.69 Å². The van der Waals surface area contributed by atoms with Gasteiger partial charge >= 0.3 is 0 Å². The normalized spacial score (nSPS) is 21.4. The molecule has 1 aliphatic heterocycles. The van der Waals surface area contributed by atoms with Crippen molar-refractivity contribution in [2.75, 3.05) is 24.5 Å². The molecule has 1 aromatic rings. The Bertz CT molecular complexity index is 405. The Morgan fingerprint density at radius 3 is 2.32 bits per heavy atom. The van der Waals surface area contributed by atoms with Gasteiger partial charge in [0.15, 0.2) is 0 Å².